The fourth-order valence-electron chi connectivity index (χ4n) is 2.07. The molecule has 1 aliphatic carbocycles. The minimum atomic E-state index is -0.122. The summed E-state index contributed by atoms with van der Waals surface area (Å²) in [5.74, 6) is 0.713. The third kappa shape index (κ3) is 3.35. The molecule has 0 aromatic carbocycles. The van der Waals surface area contributed by atoms with Crippen LogP contribution in [0.1, 0.15) is 32.1 Å². The van der Waals surface area contributed by atoms with Gasteiger partial charge in [0.15, 0.2) is 0 Å². The average molecular weight is 186 g/mol. The van der Waals surface area contributed by atoms with E-state index in [4.69, 9.17) is 5.11 Å². The van der Waals surface area contributed by atoms with Crippen LogP contribution in [0.25, 0.3) is 0 Å². The molecule has 2 unspecified atom stereocenters. The van der Waals surface area contributed by atoms with Gasteiger partial charge in [-0.15, -0.1) is 0 Å². The van der Waals surface area contributed by atoms with Gasteiger partial charge in [-0.05, 0) is 31.1 Å². The number of ether oxygens (including phenoxy) is 1. The maximum atomic E-state index is 11.0. The monoisotopic (exact) mass is 186 g/mol. The van der Waals surface area contributed by atoms with Gasteiger partial charge in [-0.3, -0.25) is 4.79 Å². The number of rotatable bonds is 3. The predicted molar refractivity (Wildman–Crippen MR) is 49.2 cm³/mol. The zero-order chi connectivity index (χ0) is 9.68. The van der Waals surface area contributed by atoms with Crippen molar-refractivity contribution >= 4 is 5.97 Å². The number of hydrogen-bond donors (Lipinski definition) is 1. The van der Waals surface area contributed by atoms with Crippen LogP contribution in [0.4, 0.5) is 0 Å². The molecule has 0 spiro atoms. The molecule has 76 valence electrons. The molecule has 0 aromatic rings. The minimum absolute atomic E-state index is 0.122. The van der Waals surface area contributed by atoms with Crippen LogP contribution >= 0.6 is 0 Å². The van der Waals surface area contributed by atoms with E-state index in [0.717, 1.165) is 25.7 Å². The van der Waals surface area contributed by atoms with Gasteiger partial charge >= 0.3 is 5.97 Å². The van der Waals surface area contributed by atoms with Gasteiger partial charge in [0.2, 0.25) is 0 Å². The Morgan fingerprint density at radius 2 is 2.15 bits per heavy atom. The van der Waals surface area contributed by atoms with Crippen LogP contribution in [0.3, 0.4) is 0 Å². The van der Waals surface area contributed by atoms with E-state index in [-0.39, 0.29) is 12.6 Å². The van der Waals surface area contributed by atoms with Gasteiger partial charge < -0.3 is 9.84 Å². The van der Waals surface area contributed by atoms with Gasteiger partial charge in [0.05, 0.1) is 7.11 Å². The van der Waals surface area contributed by atoms with Crippen LogP contribution in [0.5, 0.6) is 0 Å². The molecular weight excluding hydrogens is 168 g/mol. The van der Waals surface area contributed by atoms with E-state index in [1.54, 1.807) is 0 Å². The second kappa shape index (κ2) is 5.22. The molecule has 0 bridgehead atoms. The maximum Gasteiger partial charge on any atom is 0.305 e. The van der Waals surface area contributed by atoms with E-state index in [1.807, 2.05) is 0 Å². The van der Waals surface area contributed by atoms with Gasteiger partial charge in [-0.1, -0.05) is 6.42 Å². The van der Waals surface area contributed by atoms with Crippen molar-refractivity contribution < 1.29 is 14.6 Å². The fourth-order valence-corrected chi connectivity index (χ4v) is 2.07. The first-order valence-electron chi connectivity index (χ1n) is 4.94. The van der Waals surface area contributed by atoms with E-state index in [0.29, 0.717) is 18.3 Å². The summed E-state index contributed by atoms with van der Waals surface area (Å²) in [6.07, 6.45) is 4.84. The predicted octanol–water partition coefficient (Wildman–Crippen LogP) is 1.35. The van der Waals surface area contributed by atoms with E-state index in [2.05, 4.69) is 4.74 Å². The van der Waals surface area contributed by atoms with E-state index >= 15 is 0 Å². The first-order chi connectivity index (χ1) is 6.26. The molecule has 1 N–H and O–H groups in total. The number of methoxy groups -OCH3 is 1. The first kappa shape index (κ1) is 10.5. The van der Waals surface area contributed by atoms with Gasteiger partial charge in [-0.25, -0.2) is 0 Å². The Labute approximate surface area is 79.1 Å². The zero-order valence-electron chi connectivity index (χ0n) is 8.16. The number of carbonyl (C=O) groups excluding carboxylic acids is 1. The quantitative estimate of drug-likeness (QED) is 0.677. The summed E-state index contributed by atoms with van der Waals surface area (Å²) in [6.45, 7) is 0.262. The van der Waals surface area contributed by atoms with Crippen molar-refractivity contribution in [3.05, 3.63) is 0 Å². The smallest absolute Gasteiger partial charge is 0.305 e. The van der Waals surface area contributed by atoms with Crippen LogP contribution in [-0.2, 0) is 9.53 Å². The van der Waals surface area contributed by atoms with E-state index < -0.39 is 0 Å². The van der Waals surface area contributed by atoms with Crippen molar-refractivity contribution in [1.29, 1.82) is 0 Å². The Hall–Kier alpha value is -0.570. The van der Waals surface area contributed by atoms with Crippen LogP contribution in [0.2, 0.25) is 0 Å². The summed E-state index contributed by atoms with van der Waals surface area (Å²) in [6, 6.07) is 0. The molecule has 13 heavy (non-hydrogen) atoms. The van der Waals surface area contributed by atoms with Crippen molar-refractivity contribution in [3.63, 3.8) is 0 Å². The molecule has 0 amide bonds. The van der Waals surface area contributed by atoms with Crippen LogP contribution in [0, 0.1) is 11.8 Å². The molecule has 1 saturated carbocycles. The van der Waals surface area contributed by atoms with E-state index in [1.165, 1.54) is 7.11 Å². The maximum absolute atomic E-state index is 11.0. The minimum Gasteiger partial charge on any atom is -0.469 e. The van der Waals surface area contributed by atoms with Crippen LogP contribution < -0.4 is 0 Å². The molecule has 1 rings (SSSR count). The number of esters is 1. The highest BCUT2D eigenvalue weighted by molar-refractivity contribution is 5.69. The second-order valence-corrected chi connectivity index (χ2v) is 3.86. The highest BCUT2D eigenvalue weighted by Gasteiger charge is 2.23. The summed E-state index contributed by atoms with van der Waals surface area (Å²) < 4.78 is 4.62. The average Bonchev–Trinajstić information content (AvgIpc) is 2.18. The highest BCUT2D eigenvalue weighted by atomic mass is 16.5. The largest absolute Gasteiger partial charge is 0.469 e. The van der Waals surface area contributed by atoms with Crippen molar-refractivity contribution in [1.82, 2.24) is 0 Å². The molecule has 2 atom stereocenters. The highest BCUT2D eigenvalue weighted by Crippen LogP contribution is 2.30. The molecule has 3 nitrogen and oxygen atoms in total. The number of hydrogen-bond acceptors (Lipinski definition) is 3. The normalized spacial score (nSPS) is 28.5. The third-order valence-corrected chi connectivity index (χ3v) is 2.83. The first-order valence-corrected chi connectivity index (χ1v) is 4.94. The number of aliphatic hydroxyl groups is 1. The summed E-state index contributed by atoms with van der Waals surface area (Å²) in [5.41, 5.74) is 0. The van der Waals surface area contributed by atoms with Gasteiger partial charge in [-0.2, -0.15) is 0 Å². The van der Waals surface area contributed by atoms with E-state index in [9.17, 15) is 4.79 Å². The molecule has 3 heteroatoms. The third-order valence-electron chi connectivity index (χ3n) is 2.83. The molecule has 0 saturated heterocycles. The summed E-state index contributed by atoms with van der Waals surface area (Å²) in [4.78, 5) is 11.0. The summed E-state index contributed by atoms with van der Waals surface area (Å²) in [7, 11) is 1.43. The standard InChI is InChI=1S/C10H18O3/c1-13-10(12)6-8-3-2-4-9(5-8)7-11/h8-9,11H,2-7H2,1H3. The molecule has 0 radical (unpaired) electrons. The van der Waals surface area contributed by atoms with Crippen LogP contribution in [0.15, 0.2) is 0 Å². The lowest BCUT2D eigenvalue weighted by Crippen LogP contribution is -2.21. The number of carbonyl (C=O) groups is 1. The molecule has 0 aliphatic heterocycles. The van der Waals surface area contributed by atoms with Gasteiger partial charge in [0, 0.05) is 13.0 Å². The van der Waals surface area contributed by atoms with Gasteiger partial charge in [0.25, 0.3) is 0 Å². The summed E-state index contributed by atoms with van der Waals surface area (Å²) in [5, 5.41) is 8.98. The molecule has 1 aliphatic rings. The molecule has 0 heterocycles. The SMILES string of the molecule is COC(=O)CC1CCCC(CO)C1. The Morgan fingerprint density at radius 3 is 2.77 bits per heavy atom. The molecule has 1 fully saturated rings. The number of aliphatic hydroxyl groups excluding tert-OH is 1. The Bertz CT molecular complexity index is 168. The Morgan fingerprint density at radius 1 is 1.46 bits per heavy atom. The summed E-state index contributed by atoms with van der Waals surface area (Å²) >= 11 is 0. The van der Waals surface area contributed by atoms with Gasteiger partial charge in [0.1, 0.15) is 0 Å². The zero-order valence-corrected chi connectivity index (χ0v) is 8.16. The lowest BCUT2D eigenvalue weighted by molar-refractivity contribution is -0.142. The lowest BCUT2D eigenvalue weighted by atomic mass is 9.80. The Balaban J connectivity index is 2.29. The Kier molecular flexibility index (Phi) is 4.22. The topological polar surface area (TPSA) is 46.5 Å². The molecular formula is C10H18O3. The van der Waals surface area contributed by atoms with Crippen molar-refractivity contribution in [3.8, 4) is 0 Å². The van der Waals surface area contributed by atoms with Crippen molar-refractivity contribution in [2.45, 2.75) is 32.1 Å². The van der Waals surface area contributed by atoms with Crippen molar-refractivity contribution in [2.24, 2.45) is 11.8 Å². The lowest BCUT2D eigenvalue weighted by Gasteiger charge is -2.26. The second-order valence-electron chi connectivity index (χ2n) is 3.86. The van der Waals surface area contributed by atoms with Crippen LogP contribution in [-0.4, -0.2) is 24.8 Å². The molecule has 0 aromatic heterocycles. The fraction of sp³-hybridized carbons (Fsp3) is 0.900. The van der Waals surface area contributed by atoms with Crippen molar-refractivity contribution in [2.75, 3.05) is 13.7 Å².